The number of benzene rings is 1. The number of aromatic nitrogens is 2. The molecule has 90 valence electrons. The zero-order chi connectivity index (χ0) is 12.1. The molecular weight excluding hydrogens is 282 g/mol. The van der Waals surface area contributed by atoms with Crippen LogP contribution in [0, 0.1) is 0 Å². The number of nitrogens with zero attached hydrogens (tertiary/aromatic N) is 1. The van der Waals surface area contributed by atoms with Crippen molar-refractivity contribution in [1.29, 1.82) is 0 Å². The third-order valence-electron chi connectivity index (χ3n) is 2.36. The van der Waals surface area contributed by atoms with Gasteiger partial charge in [-0.2, -0.15) is 0 Å². The summed E-state index contributed by atoms with van der Waals surface area (Å²) in [5.74, 6) is 0.872. The van der Waals surface area contributed by atoms with Crippen molar-refractivity contribution in [2.24, 2.45) is 0 Å². The molecule has 0 aliphatic carbocycles. The summed E-state index contributed by atoms with van der Waals surface area (Å²) in [6.45, 7) is 1.35. The van der Waals surface area contributed by atoms with Crippen LogP contribution in [-0.2, 0) is 6.54 Å². The van der Waals surface area contributed by atoms with Crippen LogP contribution in [0.4, 0.5) is 0 Å². The monoisotopic (exact) mass is 295 g/mol. The molecule has 0 radical (unpaired) electrons. The van der Waals surface area contributed by atoms with Crippen LogP contribution in [0.25, 0.3) is 11.3 Å². The summed E-state index contributed by atoms with van der Waals surface area (Å²) in [7, 11) is 0. The Hall–Kier alpha value is -1.17. The molecule has 0 aliphatic rings. The summed E-state index contributed by atoms with van der Waals surface area (Å²) in [5, 5.41) is 11.7. The molecule has 0 spiro atoms. The number of aromatic amines is 1. The van der Waals surface area contributed by atoms with Gasteiger partial charge >= 0.3 is 0 Å². The molecule has 1 aromatic carbocycles. The van der Waals surface area contributed by atoms with Crippen LogP contribution in [0.3, 0.4) is 0 Å². The quantitative estimate of drug-likeness (QED) is 0.739. The van der Waals surface area contributed by atoms with Crippen LogP contribution in [0.2, 0.25) is 0 Å². The van der Waals surface area contributed by atoms with E-state index in [2.05, 4.69) is 31.2 Å². The Kier molecular flexibility index (Phi) is 4.30. The number of aliphatic hydroxyl groups is 1. The lowest BCUT2D eigenvalue weighted by atomic mass is 10.2. The van der Waals surface area contributed by atoms with E-state index in [1.165, 1.54) is 0 Å². The molecule has 1 heterocycles. The normalized spacial score (nSPS) is 10.7. The Morgan fingerprint density at radius 1 is 1.29 bits per heavy atom. The summed E-state index contributed by atoms with van der Waals surface area (Å²) >= 11 is 3.41. The Morgan fingerprint density at radius 2 is 2.06 bits per heavy atom. The fraction of sp³-hybridized carbons (Fsp3) is 0.250. The average Bonchev–Trinajstić information content (AvgIpc) is 2.79. The summed E-state index contributed by atoms with van der Waals surface area (Å²) in [4.78, 5) is 7.51. The van der Waals surface area contributed by atoms with E-state index >= 15 is 0 Å². The van der Waals surface area contributed by atoms with Gasteiger partial charge in [-0.3, -0.25) is 0 Å². The molecule has 0 fully saturated rings. The SMILES string of the molecule is OCCNCc1ncc(-c2ccc(Br)cc2)[nH]1. The van der Waals surface area contributed by atoms with Crippen molar-refractivity contribution in [1.82, 2.24) is 15.3 Å². The Morgan fingerprint density at radius 3 is 2.76 bits per heavy atom. The molecule has 1 aromatic heterocycles. The summed E-state index contributed by atoms with van der Waals surface area (Å²) < 4.78 is 1.06. The van der Waals surface area contributed by atoms with Gasteiger partial charge in [-0.25, -0.2) is 4.98 Å². The van der Waals surface area contributed by atoms with Crippen molar-refractivity contribution >= 4 is 15.9 Å². The Balaban J connectivity index is 2.04. The van der Waals surface area contributed by atoms with Gasteiger partial charge in [0.15, 0.2) is 0 Å². The lowest BCUT2D eigenvalue weighted by molar-refractivity contribution is 0.291. The predicted octanol–water partition coefficient (Wildman–Crippen LogP) is 1.92. The Labute approximate surface area is 108 Å². The molecule has 17 heavy (non-hydrogen) atoms. The highest BCUT2D eigenvalue weighted by Crippen LogP contribution is 2.19. The number of hydrogen-bond acceptors (Lipinski definition) is 3. The first kappa shape index (κ1) is 12.3. The van der Waals surface area contributed by atoms with Crippen molar-refractivity contribution in [2.75, 3.05) is 13.2 Å². The van der Waals surface area contributed by atoms with Crippen LogP contribution in [-0.4, -0.2) is 28.2 Å². The molecule has 0 amide bonds. The number of aliphatic hydroxyl groups excluding tert-OH is 1. The van der Waals surface area contributed by atoms with Gasteiger partial charge in [-0.15, -0.1) is 0 Å². The first-order chi connectivity index (χ1) is 8.29. The van der Waals surface area contributed by atoms with Gasteiger partial charge in [0.2, 0.25) is 0 Å². The second kappa shape index (κ2) is 5.95. The van der Waals surface area contributed by atoms with Crippen LogP contribution in [0.1, 0.15) is 5.82 Å². The van der Waals surface area contributed by atoms with E-state index in [9.17, 15) is 0 Å². The highest BCUT2D eigenvalue weighted by molar-refractivity contribution is 9.10. The van der Waals surface area contributed by atoms with Crippen LogP contribution < -0.4 is 5.32 Å². The molecule has 5 heteroatoms. The average molecular weight is 296 g/mol. The standard InChI is InChI=1S/C12H14BrN3O/c13-10-3-1-9(2-4-10)11-7-15-12(16-11)8-14-5-6-17/h1-4,7,14,17H,5-6,8H2,(H,15,16). The molecule has 0 saturated carbocycles. The second-order valence-electron chi connectivity index (χ2n) is 3.65. The smallest absolute Gasteiger partial charge is 0.120 e. The molecule has 0 aliphatic heterocycles. The van der Waals surface area contributed by atoms with Gasteiger partial charge in [0.1, 0.15) is 5.82 Å². The number of nitrogens with one attached hydrogen (secondary N) is 2. The largest absolute Gasteiger partial charge is 0.395 e. The number of hydrogen-bond donors (Lipinski definition) is 3. The molecule has 0 saturated heterocycles. The number of rotatable bonds is 5. The van der Waals surface area contributed by atoms with E-state index in [0.29, 0.717) is 13.1 Å². The number of H-pyrrole nitrogens is 1. The molecule has 0 atom stereocenters. The minimum atomic E-state index is 0.139. The van der Waals surface area contributed by atoms with E-state index in [1.54, 1.807) is 0 Å². The fourth-order valence-electron chi connectivity index (χ4n) is 1.51. The molecule has 0 bridgehead atoms. The third kappa shape index (κ3) is 3.39. The van der Waals surface area contributed by atoms with Crippen molar-refractivity contribution in [2.45, 2.75) is 6.54 Å². The van der Waals surface area contributed by atoms with Gasteiger partial charge in [-0.05, 0) is 17.7 Å². The van der Waals surface area contributed by atoms with E-state index in [0.717, 1.165) is 21.6 Å². The highest BCUT2D eigenvalue weighted by Gasteiger charge is 2.02. The van der Waals surface area contributed by atoms with Crippen molar-refractivity contribution in [3.63, 3.8) is 0 Å². The molecule has 0 unspecified atom stereocenters. The minimum absolute atomic E-state index is 0.139. The molecule has 2 aromatic rings. The molecule has 2 rings (SSSR count). The molecular formula is C12H14BrN3O. The number of imidazole rings is 1. The maximum atomic E-state index is 8.66. The van der Waals surface area contributed by atoms with Crippen molar-refractivity contribution in [3.05, 3.63) is 40.8 Å². The van der Waals surface area contributed by atoms with Gasteiger partial charge in [0.25, 0.3) is 0 Å². The van der Waals surface area contributed by atoms with Crippen LogP contribution in [0.15, 0.2) is 34.9 Å². The van der Waals surface area contributed by atoms with E-state index < -0.39 is 0 Å². The van der Waals surface area contributed by atoms with Gasteiger partial charge < -0.3 is 15.4 Å². The van der Waals surface area contributed by atoms with Gasteiger partial charge in [0, 0.05) is 11.0 Å². The lowest BCUT2D eigenvalue weighted by Crippen LogP contribution is -2.18. The van der Waals surface area contributed by atoms with Gasteiger partial charge in [0.05, 0.1) is 25.0 Å². The summed E-state index contributed by atoms with van der Waals surface area (Å²) in [6, 6.07) is 8.06. The first-order valence-electron chi connectivity index (χ1n) is 5.41. The lowest BCUT2D eigenvalue weighted by Gasteiger charge is -1.99. The van der Waals surface area contributed by atoms with E-state index in [-0.39, 0.29) is 6.61 Å². The molecule has 4 nitrogen and oxygen atoms in total. The maximum absolute atomic E-state index is 8.66. The van der Waals surface area contributed by atoms with Gasteiger partial charge in [-0.1, -0.05) is 28.1 Å². The predicted molar refractivity (Wildman–Crippen MR) is 70.5 cm³/mol. The molecule has 3 N–H and O–H groups in total. The zero-order valence-electron chi connectivity index (χ0n) is 9.28. The third-order valence-corrected chi connectivity index (χ3v) is 2.89. The topological polar surface area (TPSA) is 60.9 Å². The first-order valence-corrected chi connectivity index (χ1v) is 6.20. The zero-order valence-corrected chi connectivity index (χ0v) is 10.9. The van der Waals surface area contributed by atoms with Crippen molar-refractivity contribution < 1.29 is 5.11 Å². The van der Waals surface area contributed by atoms with Crippen LogP contribution >= 0.6 is 15.9 Å². The van der Waals surface area contributed by atoms with E-state index in [1.807, 2.05) is 30.5 Å². The minimum Gasteiger partial charge on any atom is -0.395 e. The summed E-state index contributed by atoms with van der Waals surface area (Å²) in [5.41, 5.74) is 2.10. The van der Waals surface area contributed by atoms with E-state index in [4.69, 9.17) is 5.11 Å². The maximum Gasteiger partial charge on any atom is 0.120 e. The summed E-state index contributed by atoms with van der Waals surface area (Å²) in [6.07, 6.45) is 1.82. The number of halogens is 1. The second-order valence-corrected chi connectivity index (χ2v) is 4.57. The fourth-order valence-corrected chi connectivity index (χ4v) is 1.78. The Bertz CT molecular complexity index is 467. The van der Waals surface area contributed by atoms with Crippen LogP contribution in [0.5, 0.6) is 0 Å². The van der Waals surface area contributed by atoms with Crippen molar-refractivity contribution in [3.8, 4) is 11.3 Å². The highest BCUT2D eigenvalue weighted by atomic mass is 79.9.